The molecule has 0 fully saturated rings. The normalized spacial score (nSPS) is 10.7. The van der Waals surface area contributed by atoms with Gasteiger partial charge in [0.1, 0.15) is 5.75 Å². The number of carbonyl (C=O) groups is 2. The molecule has 2 N–H and O–H groups in total. The summed E-state index contributed by atoms with van der Waals surface area (Å²) < 4.78 is 7.23. The van der Waals surface area contributed by atoms with Crippen LogP contribution < -0.4 is 10.1 Å². The van der Waals surface area contributed by atoms with Gasteiger partial charge in [0.2, 0.25) is 0 Å². The second-order valence-electron chi connectivity index (χ2n) is 5.91. The van der Waals surface area contributed by atoms with Crippen LogP contribution in [0.2, 0.25) is 0 Å². The van der Waals surface area contributed by atoms with Gasteiger partial charge in [-0.2, -0.15) is 0 Å². The molecular weight excluding hydrogens is 308 g/mol. The van der Waals surface area contributed by atoms with Crippen molar-refractivity contribution in [3.63, 3.8) is 0 Å². The zero-order valence-corrected chi connectivity index (χ0v) is 14.3. The first-order valence-corrected chi connectivity index (χ1v) is 7.74. The van der Waals surface area contributed by atoms with Crippen molar-refractivity contribution in [1.82, 2.24) is 4.57 Å². The largest absolute Gasteiger partial charge is 0.482 e. The van der Waals surface area contributed by atoms with Crippen LogP contribution in [0.3, 0.4) is 0 Å². The summed E-state index contributed by atoms with van der Waals surface area (Å²) in [5.41, 5.74) is 3.12. The van der Waals surface area contributed by atoms with Crippen LogP contribution in [0, 0.1) is 13.8 Å². The highest BCUT2D eigenvalue weighted by Gasteiger charge is 2.17. The lowest BCUT2D eigenvalue weighted by Crippen LogP contribution is -2.14. The van der Waals surface area contributed by atoms with Crippen LogP contribution in [0.25, 0.3) is 0 Å². The molecule has 1 aromatic heterocycles. The van der Waals surface area contributed by atoms with Gasteiger partial charge in [-0.25, -0.2) is 4.79 Å². The number of anilines is 1. The van der Waals surface area contributed by atoms with Gasteiger partial charge in [-0.1, -0.05) is 6.07 Å². The fourth-order valence-electron chi connectivity index (χ4n) is 2.81. The zero-order valence-electron chi connectivity index (χ0n) is 14.3. The van der Waals surface area contributed by atoms with Crippen molar-refractivity contribution in [2.45, 2.75) is 33.7 Å². The molecule has 0 spiro atoms. The van der Waals surface area contributed by atoms with Gasteiger partial charge < -0.3 is 19.7 Å². The summed E-state index contributed by atoms with van der Waals surface area (Å²) in [6.45, 7) is 7.63. The van der Waals surface area contributed by atoms with Crippen LogP contribution in [0.5, 0.6) is 5.75 Å². The summed E-state index contributed by atoms with van der Waals surface area (Å²) >= 11 is 0. The van der Waals surface area contributed by atoms with E-state index in [2.05, 4.69) is 23.7 Å². The van der Waals surface area contributed by atoms with Gasteiger partial charge in [0.05, 0.1) is 5.56 Å². The molecule has 2 aromatic rings. The first-order valence-electron chi connectivity index (χ1n) is 7.74. The third-order valence-electron chi connectivity index (χ3n) is 3.70. The molecule has 0 bridgehead atoms. The Bertz CT molecular complexity index is 762. The summed E-state index contributed by atoms with van der Waals surface area (Å²) in [6.07, 6.45) is 0. The van der Waals surface area contributed by atoms with Crippen molar-refractivity contribution < 1.29 is 19.4 Å². The van der Waals surface area contributed by atoms with Crippen LogP contribution in [-0.2, 0) is 4.79 Å². The van der Waals surface area contributed by atoms with Crippen LogP contribution in [0.1, 0.15) is 41.6 Å². The minimum atomic E-state index is -1.05. The van der Waals surface area contributed by atoms with E-state index < -0.39 is 12.6 Å². The lowest BCUT2D eigenvalue weighted by molar-refractivity contribution is -0.139. The zero-order chi connectivity index (χ0) is 17.9. The number of amides is 1. The summed E-state index contributed by atoms with van der Waals surface area (Å²) in [6, 6.07) is 8.82. The smallest absolute Gasteiger partial charge is 0.341 e. The molecule has 24 heavy (non-hydrogen) atoms. The SMILES string of the molecule is Cc1cc(C(=O)Nc2cccc(OCC(=O)O)c2)c(C)n1C(C)C. The molecule has 1 heterocycles. The lowest BCUT2D eigenvalue weighted by Gasteiger charge is -2.13. The van der Waals surface area contributed by atoms with E-state index in [-0.39, 0.29) is 11.9 Å². The summed E-state index contributed by atoms with van der Waals surface area (Å²) in [5, 5.41) is 11.5. The fourth-order valence-corrected chi connectivity index (χ4v) is 2.81. The van der Waals surface area contributed by atoms with E-state index in [4.69, 9.17) is 9.84 Å². The molecule has 1 aromatic carbocycles. The van der Waals surface area contributed by atoms with Crippen molar-refractivity contribution >= 4 is 17.6 Å². The van der Waals surface area contributed by atoms with Crippen molar-refractivity contribution in [3.05, 3.63) is 47.3 Å². The van der Waals surface area contributed by atoms with Gasteiger partial charge in [0, 0.05) is 29.2 Å². The van der Waals surface area contributed by atoms with Gasteiger partial charge >= 0.3 is 5.97 Å². The number of nitrogens with one attached hydrogen (secondary N) is 1. The topological polar surface area (TPSA) is 80.6 Å². The third kappa shape index (κ3) is 3.95. The van der Waals surface area contributed by atoms with Crippen LogP contribution in [-0.4, -0.2) is 28.2 Å². The summed E-state index contributed by atoms with van der Waals surface area (Å²) in [7, 11) is 0. The average Bonchev–Trinajstić information content (AvgIpc) is 2.80. The Morgan fingerprint density at radius 3 is 2.54 bits per heavy atom. The molecule has 0 aliphatic rings. The van der Waals surface area contributed by atoms with Crippen molar-refractivity contribution in [1.29, 1.82) is 0 Å². The number of ether oxygens (including phenoxy) is 1. The van der Waals surface area contributed by atoms with Crippen molar-refractivity contribution in [2.24, 2.45) is 0 Å². The average molecular weight is 330 g/mol. The number of rotatable bonds is 6. The Hall–Kier alpha value is -2.76. The number of aromatic nitrogens is 1. The maximum absolute atomic E-state index is 12.5. The first-order chi connectivity index (χ1) is 11.3. The van der Waals surface area contributed by atoms with E-state index in [0.717, 1.165) is 11.4 Å². The monoisotopic (exact) mass is 330 g/mol. The molecule has 0 unspecified atom stereocenters. The van der Waals surface area contributed by atoms with E-state index in [1.807, 2.05) is 19.9 Å². The molecule has 2 rings (SSSR count). The maximum atomic E-state index is 12.5. The summed E-state index contributed by atoms with van der Waals surface area (Å²) in [4.78, 5) is 23.1. The molecule has 0 radical (unpaired) electrons. The second kappa shape index (κ2) is 7.21. The Morgan fingerprint density at radius 1 is 1.25 bits per heavy atom. The molecule has 0 saturated carbocycles. The van der Waals surface area contributed by atoms with Crippen LogP contribution in [0.4, 0.5) is 5.69 Å². The molecule has 6 nitrogen and oxygen atoms in total. The Kier molecular flexibility index (Phi) is 5.28. The first kappa shape index (κ1) is 17.6. The summed E-state index contributed by atoms with van der Waals surface area (Å²) in [5.74, 6) is -0.862. The number of benzene rings is 1. The minimum Gasteiger partial charge on any atom is -0.482 e. The molecule has 1 amide bonds. The molecule has 0 saturated heterocycles. The highest BCUT2D eigenvalue weighted by Crippen LogP contribution is 2.22. The lowest BCUT2D eigenvalue weighted by atomic mass is 10.2. The molecule has 6 heteroatoms. The molecule has 0 aliphatic heterocycles. The predicted octanol–water partition coefficient (Wildman–Crippen LogP) is 3.40. The Balaban J connectivity index is 2.17. The maximum Gasteiger partial charge on any atom is 0.341 e. The standard InChI is InChI=1S/C18H22N2O4/c1-11(2)20-12(3)8-16(13(20)4)18(23)19-14-6-5-7-15(9-14)24-10-17(21)22/h5-9,11H,10H2,1-4H3,(H,19,23)(H,21,22). The van der Waals surface area contributed by atoms with Gasteiger partial charge in [0.25, 0.3) is 5.91 Å². The molecular formula is C18H22N2O4. The van der Waals surface area contributed by atoms with Gasteiger partial charge in [-0.05, 0) is 45.9 Å². The van der Waals surface area contributed by atoms with Gasteiger partial charge in [-0.15, -0.1) is 0 Å². The van der Waals surface area contributed by atoms with Gasteiger partial charge in [-0.3, -0.25) is 4.79 Å². The van der Waals surface area contributed by atoms with Crippen molar-refractivity contribution in [3.8, 4) is 5.75 Å². The number of nitrogens with zero attached hydrogens (tertiary/aromatic N) is 1. The number of carbonyl (C=O) groups excluding carboxylic acids is 1. The van der Waals surface area contributed by atoms with Crippen LogP contribution in [0.15, 0.2) is 30.3 Å². The van der Waals surface area contributed by atoms with Crippen LogP contribution >= 0.6 is 0 Å². The Morgan fingerprint density at radius 2 is 1.96 bits per heavy atom. The third-order valence-corrected chi connectivity index (χ3v) is 3.70. The van der Waals surface area contributed by atoms with Gasteiger partial charge in [0.15, 0.2) is 6.61 Å². The van der Waals surface area contributed by atoms with E-state index in [9.17, 15) is 9.59 Å². The van der Waals surface area contributed by atoms with E-state index in [1.165, 1.54) is 0 Å². The number of aliphatic carboxylic acids is 1. The highest BCUT2D eigenvalue weighted by molar-refractivity contribution is 6.05. The van der Waals surface area contributed by atoms with Crippen molar-refractivity contribution in [2.75, 3.05) is 11.9 Å². The minimum absolute atomic E-state index is 0.203. The molecule has 0 aliphatic carbocycles. The number of hydrogen-bond donors (Lipinski definition) is 2. The van der Waals surface area contributed by atoms with E-state index >= 15 is 0 Å². The quantitative estimate of drug-likeness (QED) is 0.850. The number of aryl methyl sites for hydroxylation is 1. The molecule has 128 valence electrons. The van der Waals surface area contributed by atoms with E-state index in [1.54, 1.807) is 24.3 Å². The fraction of sp³-hybridized carbons (Fsp3) is 0.333. The predicted molar refractivity (Wildman–Crippen MR) is 91.8 cm³/mol. The number of carboxylic acids is 1. The van der Waals surface area contributed by atoms with E-state index in [0.29, 0.717) is 17.0 Å². The number of carboxylic acid groups (broad SMARTS) is 1. The second-order valence-corrected chi connectivity index (χ2v) is 5.91. The molecule has 0 atom stereocenters. The highest BCUT2D eigenvalue weighted by atomic mass is 16.5. The Labute approximate surface area is 141 Å². The number of hydrogen-bond acceptors (Lipinski definition) is 3.